The van der Waals surface area contributed by atoms with Crippen molar-refractivity contribution in [3.05, 3.63) is 23.8 Å². The van der Waals surface area contributed by atoms with E-state index in [0.717, 1.165) is 18.6 Å². The monoisotopic (exact) mass is 274 g/mol. The number of allylic oxidation sites excluding steroid dienone is 4. The van der Waals surface area contributed by atoms with Crippen LogP contribution in [-0.4, -0.2) is 11.6 Å². The summed E-state index contributed by atoms with van der Waals surface area (Å²) in [7, 11) is 0. The maximum Gasteiger partial charge on any atom is 0.243 e. The van der Waals surface area contributed by atoms with Gasteiger partial charge in [0.25, 0.3) is 0 Å². The molecule has 1 atom stereocenters. The minimum absolute atomic E-state index is 0.0619. The molecule has 1 amide bonds. The number of hydrogen-bond donors (Lipinski definition) is 1. The first-order chi connectivity index (χ1) is 9.40. The summed E-state index contributed by atoms with van der Waals surface area (Å²) in [5.74, 6) is 0.727. The number of nitrogens with zero attached hydrogens (tertiary/aromatic N) is 1. The summed E-state index contributed by atoms with van der Waals surface area (Å²) >= 11 is 0. The fourth-order valence-corrected chi connectivity index (χ4v) is 2.84. The molecule has 2 aliphatic carbocycles. The van der Waals surface area contributed by atoms with Crippen molar-refractivity contribution in [3.63, 3.8) is 0 Å². The van der Waals surface area contributed by atoms with Gasteiger partial charge in [-0.3, -0.25) is 4.79 Å². The fraction of sp³-hybridized carbons (Fsp3) is 0.647. The Hall–Kier alpha value is -1.38. The van der Waals surface area contributed by atoms with E-state index in [4.69, 9.17) is 0 Å². The van der Waals surface area contributed by atoms with Gasteiger partial charge in [0.2, 0.25) is 5.91 Å². The van der Waals surface area contributed by atoms with E-state index in [2.05, 4.69) is 43.5 Å². The lowest BCUT2D eigenvalue weighted by atomic mass is 9.68. The fourth-order valence-electron chi connectivity index (χ4n) is 2.84. The van der Waals surface area contributed by atoms with E-state index in [-0.39, 0.29) is 11.8 Å². The van der Waals surface area contributed by atoms with E-state index in [9.17, 15) is 4.79 Å². The van der Waals surface area contributed by atoms with Crippen molar-refractivity contribution in [2.24, 2.45) is 22.4 Å². The number of nitrogens with one attached hydrogen (secondary N) is 1. The molecule has 0 aliphatic heterocycles. The van der Waals surface area contributed by atoms with Crippen LogP contribution in [0.4, 0.5) is 0 Å². The van der Waals surface area contributed by atoms with Crippen molar-refractivity contribution in [2.45, 2.75) is 53.4 Å². The lowest BCUT2D eigenvalue weighted by Crippen LogP contribution is -2.26. The number of rotatable bonds is 4. The third-order valence-electron chi connectivity index (χ3n) is 4.41. The first-order valence-corrected chi connectivity index (χ1v) is 7.59. The highest BCUT2D eigenvalue weighted by atomic mass is 16.2. The Balaban J connectivity index is 1.96. The van der Waals surface area contributed by atoms with E-state index in [1.807, 2.05) is 13.0 Å². The lowest BCUT2D eigenvalue weighted by Gasteiger charge is -2.36. The predicted octanol–water partition coefficient (Wildman–Crippen LogP) is 3.83. The molecule has 0 spiro atoms. The van der Waals surface area contributed by atoms with Gasteiger partial charge >= 0.3 is 0 Å². The van der Waals surface area contributed by atoms with Crippen LogP contribution in [0, 0.1) is 17.3 Å². The van der Waals surface area contributed by atoms with Crippen LogP contribution < -0.4 is 5.43 Å². The Morgan fingerprint density at radius 2 is 2.15 bits per heavy atom. The molecule has 3 heteroatoms. The molecule has 1 N–H and O–H groups in total. The summed E-state index contributed by atoms with van der Waals surface area (Å²) in [6, 6.07) is 0. The number of carbonyl (C=O) groups excluding carboxylic acids is 1. The van der Waals surface area contributed by atoms with E-state index in [1.165, 1.54) is 18.4 Å². The topological polar surface area (TPSA) is 41.5 Å². The normalized spacial score (nSPS) is 26.5. The number of hydrogen-bond acceptors (Lipinski definition) is 2. The van der Waals surface area contributed by atoms with Gasteiger partial charge in [0, 0.05) is 11.8 Å². The number of amides is 1. The minimum Gasteiger partial charge on any atom is -0.273 e. The highest BCUT2D eigenvalue weighted by molar-refractivity contribution is 5.94. The molecule has 110 valence electrons. The Morgan fingerprint density at radius 3 is 2.75 bits per heavy atom. The van der Waals surface area contributed by atoms with Crippen LogP contribution in [-0.2, 0) is 4.79 Å². The quantitative estimate of drug-likeness (QED) is 0.472. The zero-order valence-electron chi connectivity index (χ0n) is 13.1. The standard InChI is InChI=1S/C17H26N2O/c1-12-6-5-11-17(3,4)15(12)10-7-13(2)18-19-16(20)14-8-9-14/h6-7,10,14-15H,5,8-9,11H2,1-4H3,(H,19,20)/b10-7+,18-13-/t15-/m1/s1. The molecule has 0 heterocycles. The SMILES string of the molecule is CC1=CCCC(C)(C)[C@@H]1/C=C/C(C)=N\NC(=O)C1CC1. The molecule has 20 heavy (non-hydrogen) atoms. The van der Waals surface area contributed by atoms with Crippen LogP contribution in [0.1, 0.15) is 53.4 Å². The highest BCUT2D eigenvalue weighted by Gasteiger charge is 2.31. The molecule has 0 aromatic heterocycles. The smallest absolute Gasteiger partial charge is 0.243 e. The molecule has 0 unspecified atom stereocenters. The van der Waals surface area contributed by atoms with E-state index in [1.54, 1.807) is 0 Å². The van der Waals surface area contributed by atoms with Gasteiger partial charge in [0.1, 0.15) is 0 Å². The number of carbonyl (C=O) groups is 1. The summed E-state index contributed by atoms with van der Waals surface area (Å²) < 4.78 is 0. The van der Waals surface area contributed by atoms with Crippen LogP contribution in [0.5, 0.6) is 0 Å². The highest BCUT2D eigenvalue weighted by Crippen LogP contribution is 2.41. The molecular formula is C17H26N2O. The molecule has 0 bridgehead atoms. The summed E-state index contributed by atoms with van der Waals surface area (Å²) in [6.07, 6.45) is 11.0. The van der Waals surface area contributed by atoms with Crippen LogP contribution in [0.2, 0.25) is 0 Å². The van der Waals surface area contributed by atoms with Crippen molar-refractivity contribution in [1.82, 2.24) is 5.43 Å². The largest absolute Gasteiger partial charge is 0.273 e. The third kappa shape index (κ3) is 3.81. The van der Waals surface area contributed by atoms with Crippen LogP contribution in [0.3, 0.4) is 0 Å². The van der Waals surface area contributed by atoms with Gasteiger partial charge in [-0.2, -0.15) is 5.10 Å². The summed E-state index contributed by atoms with van der Waals surface area (Å²) in [6.45, 7) is 8.77. The van der Waals surface area contributed by atoms with Crippen molar-refractivity contribution in [2.75, 3.05) is 0 Å². The molecule has 3 nitrogen and oxygen atoms in total. The maximum atomic E-state index is 11.5. The average molecular weight is 274 g/mol. The Kier molecular flexibility index (Phi) is 4.46. The molecule has 0 saturated heterocycles. The van der Waals surface area contributed by atoms with Crippen LogP contribution in [0.25, 0.3) is 0 Å². The van der Waals surface area contributed by atoms with Gasteiger partial charge < -0.3 is 0 Å². The summed E-state index contributed by atoms with van der Waals surface area (Å²) in [5.41, 5.74) is 5.24. The Morgan fingerprint density at radius 1 is 1.45 bits per heavy atom. The van der Waals surface area contributed by atoms with Gasteiger partial charge in [0.05, 0.1) is 5.71 Å². The van der Waals surface area contributed by atoms with Gasteiger partial charge in [-0.05, 0) is 51.0 Å². The third-order valence-corrected chi connectivity index (χ3v) is 4.41. The Bertz CT molecular complexity index is 467. The van der Waals surface area contributed by atoms with E-state index >= 15 is 0 Å². The second kappa shape index (κ2) is 5.94. The molecule has 2 rings (SSSR count). The van der Waals surface area contributed by atoms with Crippen molar-refractivity contribution < 1.29 is 4.79 Å². The van der Waals surface area contributed by atoms with E-state index < -0.39 is 0 Å². The second-order valence-corrected chi connectivity index (χ2v) is 6.82. The maximum absolute atomic E-state index is 11.5. The minimum atomic E-state index is 0.0619. The van der Waals surface area contributed by atoms with E-state index in [0.29, 0.717) is 11.3 Å². The second-order valence-electron chi connectivity index (χ2n) is 6.82. The predicted molar refractivity (Wildman–Crippen MR) is 83.4 cm³/mol. The zero-order chi connectivity index (χ0) is 14.8. The first-order valence-electron chi connectivity index (χ1n) is 7.59. The summed E-state index contributed by atoms with van der Waals surface area (Å²) in [5, 5.41) is 4.15. The van der Waals surface area contributed by atoms with Gasteiger partial charge in [-0.25, -0.2) is 5.43 Å². The Labute approximate surface area is 122 Å². The zero-order valence-corrected chi connectivity index (χ0v) is 13.1. The number of hydrazone groups is 1. The molecule has 0 aromatic carbocycles. The molecule has 0 radical (unpaired) electrons. The molecule has 0 aromatic rings. The van der Waals surface area contributed by atoms with Gasteiger partial charge in [-0.1, -0.05) is 31.6 Å². The van der Waals surface area contributed by atoms with Crippen molar-refractivity contribution in [1.29, 1.82) is 0 Å². The molecule has 2 aliphatic rings. The average Bonchev–Trinajstić information content (AvgIpc) is 3.18. The molecular weight excluding hydrogens is 248 g/mol. The van der Waals surface area contributed by atoms with Crippen LogP contribution >= 0.6 is 0 Å². The van der Waals surface area contributed by atoms with Crippen molar-refractivity contribution in [3.8, 4) is 0 Å². The first kappa shape index (κ1) is 15.0. The van der Waals surface area contributed by atoms with Gasteiger partial charge in [-0.15, -0.1) is 0 Å². The molecule has 1 fully saturated rings. The lowest BCUT2D eigenvalue weighted by molar-refractivity contribution is -0.122. The molecule has 1 saturated carbocycles. The van der Waals surface area contributed by atoms with Crippen LogP contribution in [0.15, 0.2) is 28.9 Å². The van der Waals surface area contributed by atoms with Gasteiger partial charge in [0.15, 0.2) is 0 Å². The summed E-state index contributed by atoms with van der Waals surface area (Å²) in [4.78, 5) is 11.5. The van der Waals surface area contributed by atoms with Crippen molar-refractivity contribution >= 4 is 11.6 Å².